The predicted octanol–water partition coefficient (Wildman–Crippen LogP) is 3.61. The number of halogens is 2. The number of likely N-dealkylation sites (tertiary alicyclic amines) is 1. The molecule has 0 aromatic heterocycles. The molecule has 20 heavy (non-hydrogen) atoms. The molecule has 1 heterocycles. The Hall–Kier alpha value is -0.480. The van der Waals surface area contributed by atoms with E-state index in [1.165, 1.54) is 19.3 Å². The third-order valence-corrected chi connectivity index (χ3v) is 4.35. The summed E-state index contributed by atoms with van der Waals surface area (Å²) in [4.78, 5) is 2.30. The Morgan fingerprint density at radius 1 is 1.20 bits per heavy atom. The van der Waals surface area contributed by atoms with Gasteiger partial charge in [0.2, 0.25) is 0 Å². The molecule has 1 aliphatic rings. The molecule has 1 fully saturated rings. The highest BCUT2D eigenvalue weighted by Gasteiger charge is 2.20. The molecule has 1 saturated heterocycles. The van der Waals surface area contributed by atoms with Crippen LogP contribution in [-0.4, -0.2) is 42.4 Å². The van der Waals surface area contributed by atoms with Crippen molar-refractivity contribution >= 4 is 23.2 Å². The van der Waals surface area contributed by atoms with Gasteiger partial charge < -0.3 is 9.84 Å². The third-order valence-electron chi connectivity index (χ3n) is 3.75. The molecular formula is C15H21Cl2NO2. The third kappa shape index (κ3) is 4.26. The van der Waals surface area contributed by atoms with Gasteiger partial charge in [-0.05, 0) is 31.5 Å². The molecule has 0 bridgehead atoms. The maximum atomic E-state index is 9.47. The Bertz CT molecular complexity index is 408. The fraction of sp³-hybridized carbons (Fsp3) is 0.600. The van der Waals surface area contributed by atoms with Crippen molar-refractivity contribution in [2.45, 2.75) is 31.7 Å². The number of hydrogen-bond acceptors (Lipinski definition) is 3. The molecule has 0 aliphatic carbocycles. The van der Waals surface area contributed by atoms with Crippen LogP contribution in [-0.2, 0) is 0 Å². The molecular weight excluding hydrogens is 297 g/mol. The van der Waals surface area contributed by atoms with Gasteiger partial charge in [0.1, 0.15) is 6.61 Å². The van der Waals surface area contributed by atoms with E-state index in [0.29, 0.717) is 22.4 Å². The van der Waals surface area contributed by atoms with Crippen LogP contribution in [0.3, 0.4) is 0 Å². The van der Waals surface area contributed by atoms with Crippen LogP contribution in [0.5, 0.6) is 5.75 Å². The number of para-hydroxylation sites is 1. The van der Waals surface area contributed by atoms with E-state index in [0.717, 1.165) is 19.5 Å². The molecule has 0 saturated carbocycles. The zero-order valence-corrected chi connectivity index (χ0v) is 13.0. The number of aliphatic hydroxyl groups excluding tert-OH is 1. The van der Waals surface area contributed by atoms with Crippen molar-refractivity contribution in [1.29, 1.82) is 0 Å². The number of rotatable bonds is 5. The lowest BCUT2D eigenvalue weighted by Crippen LogP contribution is -2.40. The summed E-state index contributed by atoms with van der Waals surface area (Å²) in [7, 11) is 0. The molecule has 0 radical (unpaired) electrons. The number of hydrogen-bond donors (Lipinski definition) is 1. The second-order valence-corrected chi connectivity index (χ2v) is 5.94. The van der Waals surface area contributed by atoms with Gasteiger partial charge in [0, 0.05) is 12.6 Å². The minimum atomic E-state index is 0.215. The fourth-order valence-electron chi connectivity index (χ4n) is 2.62. The monoisotopic (exact) mass is 317 g/mol. The van der Waals surface area contributed by atoms with Crippen molar-refractivity contribution < 1.29 is 9.84 Å². The van der Waals surface area contributed by atoms with Crippen molar-refractivity contribution in [1.82, 2.24) is 4.90 Å². The van der Waals surface area contributed by atoms with E-state index in [9.17, 15) is 5.11 Å². The van der Waals surface area contributed by atoms with Crippen LogP contribution >= 0.6 is 23.2 Å². The molecule has 3 nitrogen and oxygen atoms in total. The topological polar surface area (TPSA) is 32.7 Å². The minimum Gasteiger partial charge on any atom is -0.489 e. The summed E-state index contributed by atoms with van der Waals surface area (Å²) in [5.41, 5.74) is 0. The molecule has 2 rings (SSSR count). The standard InChI is InChI=1S/C15H21Cl2NO2/c16-13-6-4-7-14(17)15(13)20-10-9-18-8-3-1-2-5-12(18)11-19/h4,6-7,12,19H,1-3,5,8-11H2. The van der Waals surface area contributed by atoms with Gasteiger partial charge in [-0.25, -0.2) is 0 Å². The van der Waals surface area contributed by atoms with Crippen LogP contribution < -0.4 is 4.74 Å². The van der Waals surface area contributed by atoms with E-state index in [-0.39, 0.29) is 12.6 Å². The van der Waals surface area contributed by atoms with Crippen LogP contribution in [0.4, 0.5) is 0 Å². The number of nitrogens with zero attached hydrogens (tertiary/aromatic N) is 1. The van der Waals surface area contributed by atoms with E-state index in [1.807, 2.05) is 0 Å². The lowest BCUT2D eigenvalue weighted by atomic mass is 10.1. The molecule has 1 aromatic rings. The maximum Gasteiger partial charge on any atom is 0.156 e. The molecule has 0 spiro atoms. The van der Waals surface area contributed by atoms with Crippen LogP contribution in [0, 0.1) is 0 Å². The minimum absolute atomic E-state index is 0.215. The van der Waals surface area contributed by atoms with Crippen LogP contribution in [0.25, 0.3) is 0 Å². The molecule has 5 heteroatoms. The lowest BCUT2D eigenvalue weighted by Gasteiger charge is -2.28. The Morgan fingerprint density at radius 2 is 1.95 bits per heavy atom. The Morgan fingerprint density at radius 3 is 2.65 bits per heavy atom. The van der Waals surface area contributed by atoms with Gasteiger partial charge in [-0.15, -0.1) is 0 Å². The summed E-state index contributed by atoms with van der Waals surface area (Å²) in [6.07, 6.45) is 4.68. The average molecular weight is 318 g/mol. The zero-order valence-electron chi connectivity index (χ0n) is 11.5. The first-order valence-electron chi connectivity index (χ1n) is 7.14. The first kappa shape index (κ1) is 15.9. The molecule has 1 N–H and O–H groups in total. The Balaban J connectivity index is 1.88. The normalized spacial score (nSPS) is 20.6. The zero-order chi connectivity index (χ0) is 14.4. The smallest absolute Gasteiger partial charge is 0.156 e. The van der Waals surface area contributed by atoms with E-state index < -0.39 is 0 Å². The first-order valence-corrected chi connectivity index (χ1v) is 7.89. The van der Waals surface area contributed by atoms with E-state index in [2.05, 4.69) is 4.90 Å². The van der Waals surface area contributed by atoms with Crippen molar-refractivity contribution in [2.24, 2.45) is 0 Å². The Labute approximate surface area is 130 Å². The predicted molar refractivity (Wildman–Crippen MR) is 82.9 cm³/mol. The summed E-state index contributed by atoms with van der Waals surface area (Å²) in [6, 6.07) is 5.59. The van der Waals surface area contributed by atoms with E-state index in [4.69, 9.17) is 27.9 Å². The maximum absolute atomic E-state index is 9.47. The number of ether oxygens (including phenoxy) is 1. The highest BCUT2D eigenvalue weighted by atomic mass is 35.5. The first-order chi connectivity index (χ1) is 9.72. The van der Waals surface area contributed by atoms with Crippen LogP contribution in [0.1, 0.15) is 25.7 Å². The second kappa shape index (κ2) is 8.08. The SMILES string of the molecule is OCC1CCCCCN1CCOc1c(Cl)cccc1Cl. The van der Waals surface area contributed by atoms with Gasteiger partial charge in [0.15, 0.2) is 5.75 Å². The van der Waals surface area contributed by atoms with E-state index in [1.54, 1.807) is 18.2 Å². The quantitative estimate of drug-likeness (QED) is 0.900. The summed E-state index contributed by atoms with van der Waals surface area (Å²) >= 11 is 12.1. The summed E-state index contributed by atoms with van der Waals surface area (Å²) < 4.78 is 5.72. The molecule has 112 valence electrons. The van der Waals surface area contributed by atoms with E-state index >= 15 is 0 Å². The van der Waals surface area contributed by atoms with Crippen LogP contribution in [0.15, 0.2) is 18.2 Å². The summed E-state index contributed by atoms with van der Waals surface area (Å²) in [6.45, 7) is 2.55. The van der Waals surface area contributed by atoms with Crippen molar-refractivity contribution in [3.05, 3.63) is 28.2 Å². The number of aliphatic hydroxyl groups is 1. The van der Waals surface area contributed by atoms with Gasteiger partial charge in [-0.3, -0.25) is 4.90 Å². The van der Waals surface area contributed by atoms with Gasteiger partial charge in [-0.2, -0.15) is 0 Å². The molecule has 1 aromatic carbocycles. The lowest BCUT2D eigenvalue weighted by molar-refractivity contribution is 0.108. The fourth-order valence-corrected chi connectivity index (χ4v) is 3.13. The molecule has 1 aliphatic heterocycles. The molecule has 1 atom stereocenters. The highest BCUT2D eigenvalue weighted by molar-refractivity contribution is 6.37. The summed E-state index contributed by atoms with van der Waals surface area (Å²) in [5, 5.41) is 10.5. The highest BCUT2D eigenvalue weighted by Crippen LogP contribution is 2.32. The van der Waals surface area contributed by atoms with Gasteiger partial charge in [0.25, 0.3) is 0 Å². The molecule has 1 unspecified atom stereocenters. The Kier molecular flexibility index (Phi) is 6.43. The average Bonchev–Trinajstić information content (AvgIpc) is 2.67. The van der Waals surface area contributed by atoms with Gasteiger partial charge in [-0.1, -0.05) is 42.1 Å². The van der Waals surface area contributed by atoms with Crippen molar-refractivity contribution in [3.63, 3.8) is 0 Å². The number of benzene rings is 1. The largest absolute Gasteiger partial charge is 0.489 e. The van der Waals surface area contributed by atoms with Crippen LogP contribution in [0.2, 0.25) is 10.0 Å². The van der Waals surface area contributed by atoms with Crippen molar-refractivity contribution in [3.8, 4) is 5.75 Å². The van der Waals surface area contributed by atoms with Crippen molar-refractivity contribution in [2.75, 3.05) is 26.3 Å². The molecule has 0 amide bonds. The summed E-state index contributed by atoms with van der Waals surface area (Å²) in [5.74, 6) is 0.547. The second-order valence-electron chi connectivity index (χ2n) is 5.12. The van der Waals surface area contributed by atoms with Gasteiger partial charge in [0.05, 0.1) is 16.7 Å². The van der Waals surface area contributed by atoms with Gasteiger partial charge >= 0.3 is 0 Å².